The van der Waals surface area contributed by atoms with Gasteiger partial charge in [-0.3, -0.25) is 15.0 Å². The molecule has 7 heteroatoms. The second kappa shape index (κ2) is 10.5. The van der Waals surface area contributed by atoms with E-state index in [4.69, 9.17) is 9.47 Å². The van der Waals surface area contributed by atoms with Crippen molar-refractivity contribution in [2.24, 2.45) is 0 Å². The Hall–Kier alpha value is -3.06. The van der Waals surface area contributed by atoms with Crippen molar-refractivity contribution in [3.8, 4) is 11.5 Å². The van der Waals surface area contributed by atoms with Crippen LogP contribution >= 0.6 is 0 Å². The smallest absolute Gasteiger partial charge is 0.325 e. The molecule has 2 N–H and O–H groups in total. The zero-order valence-corrected chi connectivity index (χ0v) is 17.7. The fourth-order valence-corrected chi connectivity index (χ4v) is 2.90. The molecule has 2 aromatic carbocycles. The SMILES string of the molecule is CCOc1ccc(CN(C)CC(=O)NC(=O)Nc2cccc(C)c2C)cc1OC. The maximum absolute atomic E-state index is 12.2. The molecule has 156 valence electrons. The summed E-state index contributed by atoms with van der Waals surface area (Å²) in [5.41, 5.74) is 3.70. The second-order valence-electron chi connectivity index (χ2n) is 6.84. The number of hydrogen-bond acceptors (Lipinski definition) is 5. The molecule has 0 radical (unpaired) electrons. The molecule has 0 bridgehead atoms. The minimum Gasteiger partial charge on any atom is -0.493 e. The monoisotopic (exact) mass is 399 g/mol. The van der Waals surface area contributed by atoms with E-state index in [2.05, 4.69) is 10.6 Å². The Morgan fingerprint density at radius 2 is 1.86 bits per heavy atom. The molecular formula is C22H29N3O4. The summed E-state index contributed by atoms with van der Waals surface area (Å²) in [5, 5.41) is 5.08. The van der Waals surface area contributed by atoms with Crippen LogP contribution in [0.4, 0.5) is 10.5 Å². The normalized spacial score (nSPS) is 10.6. The Labute approximate surface area is 172 Å². The van der Waals surface area contributed by atoms with E-state index >= 15 is 0 Å². The summed E-state index contributed by atoms with van der Waals surface area (Å²) in [7, 11) is 3.40. The van der Waals surface area contributed by atoms with Gasteiger partial charge in [-0.1, -0.05) is 18.2 Å². The van der Waals surface area contributed by atoms with Crippen LogP contribution in [-0.4, -0.2) is 44.1 Å². The lowest BCUT2D eigenvalue weighted by atomic mass is 10.1. The van der Waals surface area contributed by atoms with Gasteiger partial charge in [-0.15, -0.1) is 0 Å². The third-order valence-electron chi connectivity index (χ3n) is 4.50. The number of urea groups is 1. The van der Waals surface area contributed by atoms with Gasteiger partial charge in [0, 0.05) is 12.2 Å². The number of carbonyl (C=O) groups excluding carboxylic acids is 2. The molecule has 29 heavy (non-hydrogen) atoms. The quantitative estimate of drug-likeness (QED) is 0.710. The Balaban J connectivity index is 1.88. The fourth-order valence-electron chi connectivity index (χ4n) is 2.90. The van der Waals surface area contributed by atoms with Gasteiger partial charge < -0.3 is 14.8 Å². The molecule has 0 saturated heterocycles. The lowest BCUT2D eigenvalue weighted by molar-refractivity contribution is -0.120. The third-order valence-corrected chi connectivity index (χ3v) is 4.50. The fraction of sp³-hybridized carbons (Fsp3) is 0.364. The van der Waals surface area contributed by atoms with E-state index in [9.17, 15) is 9.59 Å². The number of hydrogen-bond donors (Lipinski definition) is 2. The van der Waals surface area contributed by atoms with E-state index in [1.165, 1.54) is 0 Å². The highest BCUT2D eigenvalue weighted by Crippen LogP contribution is 2.28. The predicted molar refractivity (Wildman–Crippen MR) is 114 cm³/mol. The average molecular weight is 399 g/mol. The number of imide groups is 1. The maximum atomic E-state index is 12.2. The van der Waals surface area contributed by atoms with Crippen LogP contribution in [0.5, 0.6) is 11.5 Å². The maximum Gasteiger partial charge on any atom is 0.325 e. The van der Waals surface area contributed by atoms with Crippen LogP contribution < -0.4 is 20.1 Å². The number of ether oxygens (including phenoxy) is 2. The zero-order chi connectivity index (χ0) is 21.4. The van der Waals surface area contributed by atoms with Crippen molar-refractivity contribution >= 4 is 17.6 Å². The molecule has 2 aromatic rings. The number of aryl methyl sites for hydroxylation is 1. The first-order valence-corrected chi connectivity index (χ1v) is 9.49. The van der Waals surface area contributed by atoms with E-state index in [-0.39, 0.29) is 12.5 Å². The molecule has 0 spiro atoms. The number of amides is 3. The molecule has 0 heterocycles. The lowest BCUT2D eigenvalue weighted by Gasteiger charge is -2.18. The van der Waals surface area contributed by atoms with Gasteiger partial charge >= 0.3 is 6.03 Å². The van der Waals surface area contributed by atoms with Gasteiger partial charge in [-0.25, -0.2) is 4.79 Å². The minimum atomic E-state index is -0.542. The number of carbonyl (C=O) groups is 2. The van der Waals surface area contributed by atoms with Crippen molar-refractivity contribution in [3.05, 3.63) is 53.1 Å². The van der Waals surface area contributed by atoms with Crippen molar-refractivity contribution in [1.82, 2.24) is 10.2 Å². The Bertz CT molecular complexity index is 867. The summed E-state index contributed by atoms with van der Waals surface area (Å²) in [6.45, 7) is 6.96. The van der Waals surface area contributed by atoms with Crippen LogP contribution in [0.3, 0.4) is 0 Å². The molecule has 2 rings (SSSR count). The van der Waals surface area contributed by atoms with Crippen LogP contribution in [0.15, 0.2) is 36.4 Å². The predicted octanol–water partition coefficient (Wildman–Crippen LogP) is 3.49. The van der Waals surface area contributed by atoms with Gasteiger partial charge in [0.05, 0.1) is 20.3 Å². The zero-order valence-electron chi connectivity index (χ0n) is 17.7. The van der Waals surface area contributed by atoms with Crippen molar-refractivity contribution in [1.29, 1.82) is 0 Å². The van der Waals surface area contributed by atoms with Crippen LogP contribution in [0.2, 0.25) is 0 Å². The van der Waals surface area contributed by atoms with E-state index in [1.807, 2.05) is 63.1 Å². The Morgan fingerprint density at radius 1 is 1.10 bits per heavy atom. The van der Waals surface area contributed by atoms with E-state index < -0.39 is 6.03 Å². The lowest BCUT2D eigenvalue weighted by Crippen LogP contribution is -2.40. The van der Waals surface area contributed by atoms with E-state index in [1.54, 1.807) is 13.2 Å². The molecule has 0 aromatic heterocycles. The standard InChI is InChI=1S/C22H29N3O4/c1-6-29-19-11-10-17(12-20(19)28-5)13-25(4)14-21(26)24-22(27)23-18-9-7-8-15(2)16(18)3/h7-12H,6,13-14H2,1-5H3,(H2,23,24,26,27). The number of anilines is 1. The minimum absolute atomic E-state index is 0.0791. The number of methoxy groups -OCH3 is 1. The first-order chi connectivity index (χ1) is 13.8. The summed E-state index contributed by atoms with van der Waals surface area (Å²) in [6, 6.07) is 10.7. The van der Waals surface area contributed by atoms with Gasteiger partial charge in [-0.05, 0) is 62.7 Å². The Morgan fingerprint density at radius 3 is 2.55 bits per heavy atom. The summed E-state index contributed by atoms with van der Waals surface area (Å²) >= 11 is 0. The second-order valence-corrected chi connectivity index (χ2v) is 6.84. The van der Waals surface area contributed by atoms with Crippen LogP contribution in [0, 0.1) is 13.8 Å². The molecule has 0 fully saturated rings. The summed E-state index contributed by atoms with van der Waals surface area (Å²) in [6.07, 6.45) is 0. The number of rotatable bonds is 8. The van der Waals surface area contributed by atoms with Gasteiger partial charge in [0.15, 0.2) is 11.5 Å². The molecule has 7 nitrogen and oxygen atoms in total. The molecule has 0 aliphatic heterocycles. The highest BCUT2D eigenvalue weighted by molar-refractivity contribution is 6.02. The number of nitrogens with one attached hydrogen (secondary N) is 2. The van der Waals surface area contributed by atoms with Crippen molar-refractivity contribution in [2.75, 3.05) is 32.6 Å². The highest BCUT2D eigenvalue weighted by atomic mass is 16.5. The van der Waals surface area contributed by atoms with Gasteiger partial charge in [-0.2, -0.15) is 0 Å². The van der Waals surface area contributed by atoms with Gasteiger partial charge in [0.1, 0.15) is 0 Å². The van der Waals surface area contributed by atoms with Crippen molar-refractivity contribution in [3.63, 3.8) is 0 Å². The topological polar surface area (TPSA) is 79.9 Å². The Kier molecular flexibility index (Phi) is 8.03. The molecule has 0 aliphatic carbocycles. The number of benzene rings is 2. The van der Waals surface area contributed by atoms with Crippen LogP contribution in [0.1, 0.15) is 23.6 Å². The first kappa shape index (κ1) is 22.2. The van der Waals surface area contributed by atoms with Crippen molar-refractivity contribution < 1.29 is 19.1 Å². The first-order valence-electron chi connectivity index (χ1n) is 9.49. The highest BCUT2D eigenvalue weighted by Gasteiger charge is 2.13. The summed E-state index contributed by atoms with van der Waals surface area (Å²) in [4.78, 5) is 26.1. The van der Waals surface area contributed by atoms with E-state index in [0.29, 0.717) is 30.3 Å². The molecule has 0 atom stereocenters. The number of nitrogens with zero attached hydrogens (tertiary/aromatic N) is 1. The van der Waals surface area contributed by atoms with Crippen LogP contribution in [-0.2, 0) is 11.3 Å². The molecule has 0 unspecified atom stereocenters. The molecular weight excluding hydrogens is 370 g/mol. The summed E-state index contributed by atoms with van der Waals surface area (Å²) in [5.74, 6) is 0.950. The van der Waals surface area contributed by atoms with Gasteiger partial charge in [0.2, 0.25) is 5.91 Å². The summed E-state index contributed by atoms with van der Waals surface area (Å²) < 4.78 is 10.9. The molecule has 3 amide bonds. The van der Waals surface area contributed by atoms with E-state index in [0.717, 1.165) is 16.7 Å². The third kappa shape index (κ3) is 6.50. The average Bonchev–Trinajstić information content (AvgIpc) is 2.66. The largest absolute Gasteiger partial charge is 0.493 e. The molecule has 0 saturated carbocycles. The van der Waals surface area contributed by atoms with Gasteiger partial charge in [0.25, 0.3) is 0 Å². The number of likely N-dealkylation sites (N-methyl/N-ethyl adjacent to an activating group) is 1. The van der Waals surface area contributed by atoms with Crippen molar-refractivity contribution in [2.45, 2.75) is 27.3 Å². The van der Waals surface area contributed by atoms with Crippen LogP contribution in [0.25, 0.3) is 0 Å². The molecule has 0 aliphatic rings.